The summed E-state index contributed by atoms with van der Waals surface area (Å²) in [5.74, 6) is 1.70. The van der Waals surface area contributed by atoms with E-state index < -0.39 is 0 Å². The summed E-state index contributed by atoms with van der Waals surface area (Å²) >= 11 is 1.35. The lowest BCUT2D eigenvalue weighted by Gasteiger charge is -2.18. The maximum absolute atomic E-state index is 13.2. The minimum absolute atomic E-state index is 0.0932. The van der Waals surface area contributed by atoms with Crippen molar-refractivity contribution in [2.75, 3.05) is 11.1 Å². The van der Waals surface area contributed by atoms with Crippen molar-refractivity contribution in [3.05, 3.63) is 65.7 Å². The smallest absolute Gasteiger partial charge is 0.234 e. The first-order valence-corrected chi connectivity index (χ1v) is 12.1. The van der Waals surface area contributed by atoms with E-state index in [9.17, 15) is 9.18 Å². The highest BCUT2D eigenvalue weighted by Crippen LogP contribution is 2.27. The molecule has 1 heterocycles. The Bertz CT molecular complexity index is 1070. The zero-order valence-electron chi connectivity index (χ0n) is 19.7. The molecule has 33 heavy (non-hydrogen) atoms. The topological polar surface area (TPSA) is 69.0 Å². The average molecular weight is 471 g/mol. The molecule has 0 radical (unpaired) electrons. The van der Waals surface area contributed by atoms with Crippen molar-refractivity contribution < 1.29 is 13.9 Å². The summed E-state index contributed by atoms with van der Waals surface area (Å²) < 4.78 is 21.1. The summed E-state index contributed by atoms with van der Waals surface area (Å²) in [7, 11) is 0. The molecular formula is C25H31FN4O2S. The molecule has 0 bridgehead atoms. The highest BCUT2D eigenvalue weighted by Gasteiger charge is 2.21. The molecule has 2 aromatic carbocycles. The van der Waals surface area contributed by atoms with Crippen LogP contribution >= 0.6 is 11.8 Å². The number of halogens is 1. The third-order valence-electron chi connectivity index (χ3n) is 4.97. The van der Waals surface area contributed by atoms with Crippen LogP contribution in [0.25, 0.3) is 0 Å². The van der Waals surface area contributed by atoms with Crippen molar-refractivity contribution >= 4 is 23.4 Å². The Hall–Kier alpha value is -2.87. The maximum Gasteiger partial charge on any atom is 0.234 e. The van der Waals surface area contributed by atoms with Gasteiger partial charge in [0.2, 0.25) is 5.91 Å². The number of thioether (sulfide) groups is 1. The summed E-state index contributed by atoms with van der Waals surface area (Å²) in [6.45, 7) is 11.0. The molecule has 0 saturated heterocycles. The molecule has 8 heteroatoms. The van der Waals surface area contributed by atoms with Gasteiger partial charge in [0, 0.05) is 12.2 Å². The number of anilines is 1. The van der Waals surface area contributed by atoms with Gasteiger partial charge in [-0.25, -0.2) is 4.39 Å². The molecule has 6 nitrogen and oxygen atoms in total. The third-order valence-corrected chi connectivity index (χ3v) is 5.94. The molecule has 0 aliphatic heterocycles. The van der Waals surface area contributed by atoms with E-state index in [4.69, 9.17) is 4.74 Å². The largest absolute Gasteiger partial charge is 0.483 e. The summed E-state index contributed by atoms with van der Waals surface area (Å²) in [5.41, 5.74) is 1.94. The van der Waals surface area contributed by atoms with Crippen LogP contribution in [-0.4, -0.2) is 26.4 Å². The molecule has 176 valence electrons. The normalized spacial score (nSPS) is 12.2. The number of hydrogen-bond acceptors (Lipinski definition) is 5. The van der Waals surface area contributed by atoms with E-state index in [0.29, 0.717) is 35.1 Å². The van der Waals surface area contributed by atoms with Crippen molar-refractivity contribution in [2.45, 2.75) is 58.3 Å². The van der Waals surface area contributed by atoms with Crippen molar-refractivity contribution in [1.29, 1.82) is 0 Å². The number of ether oxygens (including phenoxy) is 1. The van der Waals surface area contributed by atoms with Gasteiger partial charge >= 0.3 is 0 Å². The van der Waals surface area contributed by atoms with Gasteiger partial charge in [-0.2, -0.15) is 0 Å². The van der Waals surface area contributed by atoms with E-state index in [1.807, 2.05) is 35.8 Å². The number of benzene rings is 2. The molecule has 0 fully saturated rings. The summed E-state index contributed by atoms with van der Waals surface area (Å²) in [4.78, 5) is 12.7. The van der Waals surface area contributed by atoms with Crippen molar-refractivity contribution in [3.63, 3.8) is 0 Å². The third kappa shape index (κ3) is 6.81. The molecule has 0 saturated carbocycles. The summed E-state index contributed by atoms with van der Waals surface area (Å²) in [6.07, 6.45) is -0.386. The highest BCUT2D eigenvalue weighted by molar-refractivity contribution is 7.99. The zero-order chi connectivity index (χ0) is 24.0. The van der Waals surface area contributed by atoms with Gasteiger partial charge in [-0.05, 0) is 54.7 Å². The van der Waals surface area contributed by atoms with Gasteiger partial charge in [0.1, 0.15) is 11.6 Å². The first kappa shape index (κ1) is 24.8. The Morgan fingerprint density at radius 1 is 1.06 bits per heavy atom. The standard InChI is InChI=1S/C25H31FN4O2S/c1-16(2)14-30-24(18(5)32-20-12-10-19(26)11-13-20)28-29-25(30)33-15-23(31)27-22-9-7-6-8-21(22)17(3)4/h6-13,16-18H,14-15H2,1-5H3,(H,27,31). The first-order chi connectivity index (χ1) is 15.7. The number of para-hydroxylation sites is 1. The SMILES string of the molecule is CC(C)Cn1c(SCC(=O)Nc2ccccc2C(C)C)nnc1C(C)Oc1ccc(F)cc1. The van der Waals surface area contributed by atoms with Crippen LogP contribution in [0.1, 0.15) is 58.0 Å². The molecule has 3 aromatic rings. The van der Waals surface area contributed by atoms with Gasteiger partial charge in [0.15, 0.2) is 17.1 Å². The number of aromatic nitrogens is 3. The number of amides is 1. The first-order valence-electron chi connectivity index (χ1n) is 11.1. The van der Waals surface area contributed by atoms with Crippen LogP contribution in [0.4, 0.5) is 10.1 Å². The molecule has 1 atom stereocenters. The Morgan fingerprint density at radius 3 is 2.42 bits per heavy atom. The Balaban J connectivity index is 1.70. The van der Waals surface area contributed by atoms with Crippen LogP contribution < -0.4 is 10.1 Å². The summed E-state index contributed by atoms with van der Waals surface area (Å²) in [6, 6.07) is 13.7. The average Bonchev–Trinajstić information content (AvgIpc) is 3.16. The van der Waals surface area contributed by atoms with Gasteiger partial charge < -0.3 is 14.6 Å². The number of nitrogens with one attached hydrogen (secondary N) is 1. The second-order valence-corrected chi connectivity index (χ2v) is 9.58. The monoisotopic (exact) mass is 470 g/mol. The second-order valence-electron chi connectivity index (χ2n) is 8.64. The summed E-state index contributed by atoms with van der Waals surface area (Å²) in [5, 5.41) is 12.4. The number of carbonyl (C=O) groups excluding carboxylic acids is 1. The fourth-order valence-corrected chi connectivity index (χ4v) is 4.20. The molecular weight excluding hydrogens is 439 g/mol. The van der Waals surface area contributed by atoms with Crippen molar-refractivity contribution in [3.8, 4) is 5.75 Å². The lowest BCUT2D eigenvalue weighted by Crippen LogP contribution is -2.17. The minimum atomic E-state index is -0.386. The van der Waals surface area contributed by atoms with E-state index in [1.165, 1.54) is 23.9 Å². The van der Waals surface area contributed by atoms with Gasteiger partial charge in [-0.3, -0.25) is 4.79 Å². The van der Waals surface area contributed by atoms with Crippen LogP contribution in [-0.2, 0) is 11.3 Å². The van der Waals surface area contributed by atoms with Gasteiger partial charge in [0.05, 0.1) is 5.75 Å². The molecule has 1 amide bonds. The predicted molar refractivity (Wildman–Crippen MR) is 130 cm³/mol. The Morgan fingerprint density at radius 2 is 1.76 bits per heavy atom. The van der Waals surface area contributed by atoms with Crippen LogP contribution in [0.2, 0.25) is 0 Å². The Labute approximate surface area is 199 Å². The zero-order valence-corrected chi connectivity index (χ0v) is 20.5. The molecule has 0 spiro atoms. The highest BCUT2D eigenvalue weighted by atomic mass is 32.2. The van der Waals surface area contributed by atoms with E-state index in [0.717, 1.165) is 11.3 Å². The van der Waals surface area contributed by atoms with E-state index in [2.05, 4.69) is 43.2 Å². The molecule has 3 rings (SSSR count). The van der Waals surface area contributed by atoms with Crippen LogP contribution in [0, 0.1) is 11.7 Å². The number of hydrogen-bond donors (Lipinski definition) is 1. The fraction of sp³-hybridized carbons (Fsp3) is 0.400. The quantitative estimate of drug-likeness (QED) is 0.364. The number of nitrogens with zero attached hydrogens (tertiary/aromatic N) is 3. The predicted octanol–water partition coefficient (Wildman–Crippen LogP) is 6.07. The van der Waals surface area contributed by atoms with Crippen LogP contribution in [0.3, 0.4) is 0 Å². The van der Waals surface area contributed by atoms with Gasteiger partial charge in [0.25, 0.3) is 0 Å². The fourth-order valence-electron chi connectivity index (χ4n) is 3.44. The molecule has 1 aromatic heterocycles. The van der Waals surface area contributed by atoms with Gasteiger partial charge in [-0.15, -0.1) is 10.2 Å². The molecule has 1 N–H and O–H groups in total. The van der Waals surface area contributed by atoms with E-state index in [-0.39, 0.29) is 23.6 Å². The lowest BCUT2D eigenvalue weighted by atomic mass is 10.0. The number of rotatable bonds is 10. The molecule has 1 unspecified atom stereocenters. The van der Waals surface area contributed by atoms with Crippen LogP contribution in [0.5, 0.6) is 5.75 Å². The molecule has 0 aliphatic rings. The second kappa shape index (κ2) is 11.3. The lowest BCUT2D eigenvalue weighted by molar-refractivity contribution is -0.113. The molecule has 0 aliphatic carbocycles. The number of carbonyl (C=O) groups is 1. The minimum Gasteiger partial charge on any atom is -0.483 e. The van der Waals surface area contributed by atoms with Crippen molar-refractivity contribution in [2.24, 2.45) is 5.92 Å². The van der Waals surface area contributed by atoms with E-state index in [1.54, 1.807) is 12.1 Å². The maximum atomic E-state index is 13.2. The Kier molecular flexibility index (Phi) is 8.49. The van der Waals surface area contributed by atoms with Crippen molar-refractivity contribution in [1.82, 2.24) is 14.8 Å². The van der Waals surface area contributed by atoms with Crippen LogP contribution in [0.15, 0.2) is 53.7 Å². The van der Waals surface area contributed by atoms with Gasteiger partial charge in [-0.1, -0.05) is 57.7 Å². The van der Waals surface area contributed by atoms with E-state index >= 15 is 0 Å².